The predicted octanol–water partition coefficient (Wildman–Crippen LogP) is 6.48. The van der Waals surface area contributed by atoms with Crippen LogP contribution in [0.4, 0.5) is 11.4 Å². The summed E-state index contributed by atoms with van der Waals surface area (Å²) < 4.78 is 0. The van der Waals surface area contributed by atoms with Crippen molar-refractivity contribution in [2.75, 3.05) is 10.2 Å². The molecule has 0 bridgehead atoms. The first-order chi connectivity index (χ1) is 14.6. The zero-order valence-corrected chi connectivity index (χ0v) is 18.0. The van der Waals surface area contributed by atoms with Gasteiger partial charge in [0.1, 0.15) is 0 Å². The first-order valence-corrected chi connectivity index (χ1v) is 11.0. The number of nitrogens with one attached hydrogen (secondary N) is 1. The molecule has 1 heterocycles. The molecule has 0 saturated carbocycles. The lowest BCUT2D eigenvalue weighted by molar-refractivity contribution is 0.0960. The molecule has 3 atom stereocenters. The van der Waals surface area contributed by atoms with Crippen LogP contribution in [-0.4, -0.2) is 11.9 Å². The SMILES string of the molecule is CCc1ccc(C(=O)N2c3ccccc3[C@@H](Nc3ccccc3)[C@@H](C)[C@@H]2CC)cc1. The van der Waals surface area contributed by atoms with E-state index in [0.717, 1.165) is 29.8 Å². The Morgan fingerprint density at radius 2 is 1.57 bits per heavy atom. The van der Waals surface area contributed by atoms with Gasteiger partial charge in [-0.25, -0.2) is 0 Å². The molecule has 3 aromatic rings. The minimum absolute atomic E-state index is 0.0852. The molecule has 0 saturated heterocycles. The van der Waals surface area contributed by atoms with Gasteiger partial charge in [-0.05, 0) is 54.3 Å². The number of hydrogen-bond acceptors (Lipinski definition) is 2. The topological polar surface area (TPSA) is 32.3 Å². The molecule has 0 radical (unpaired) electrons. The second kappa shape index (κ2) is 8.74. The van der Waals surface area contributed by atoms with Crippen LogP contribution in [0.15, 0.2) is 78.9 Å². The minimum Gasteiger partial charge on any atom is -0.378 e. The summed E-state index contributed by atoms with van der Waals surface area (Å²) in [5.41, 5.74) is 5.30. The molecule has 3 aromatic carbocycles. The van der Waals surface area contributed by atoms with Gasteiger partial charge in [-0.1, -0.05) is 69.3 Å². The number of benzene rings is 3. The summed E-state index contributed by atoms with van der Waals surface area (Å²) >= 11 is 0. The Labute approximate surface area is 179 Å². The van der Waals surface area contributed by atoms with E-state index in [1.807, 2.05) is 29.2 Å². The van der Waals surface area contributed by atoms with E-state index in [1.54, 1.807) is 0 Å². The molecule has 0 aromatic heterocycles. The zero-order chi connectivity index (χ0) is 21.1. The van der Waals surface area contributed by atoms with E-state index < -0.39 is 0 Å². The second-order valence-electron chi connectivity index (χ2n) is 8.11. The van der Waals surface area contributed by atoms with Gasteiger partial charge in [-0.3, -0.25) is 4.79 Å². The first-order valence-electron chi connectivity index (χ1n) is 11.0. The molecule has 3 heteroatoms. The van der Waals surface area contributed by atoms with Gasteiger partial charge in [0.15, 0.2) is 0 Å². The highest BCUT2D eigenvalue weighted by molar-refractivity contribution is 6.07. The highest BCUT2D eigenvalue weighted by Gasteiger charge is 2.40. The molecule has 154 valence electrons. The summed E-state index contributed by atoms with van der Waals surface area (Å²) in [5.74, 6) is 0.353. The summed E-state index contributed by atoms with van der Waals surface area (Å²) in [6.07, 6.45) is 1.88. The average molecular weight is 399 g/mol. The molecule has 0 aliphatic carbocycles. The monoisotopic (exact) mass is 398 g/mol. The maximum atomic E-state index is 13.6. The summed E-state index contributed by atoms with van der Waals surface area (Å²) in [7, 11) is 0. The van der Waals surface area contributed by atoms with Crippen molar-refractivity contribution in [3.05, 3.63) is 95.6 Å². The molecule has 0 unspecified atom stereocenters. The van der Waals surface area contributed by atoms with E-state index in [2.05, 4.69) is 80.7 Å². The van der Waals surface area contributed by atoms with E-state index in [9.17, 15) is 4.79 Å². The Hall–Kier alpha value is -3.07. The summed E-state index contributed by atoms with van der Waals surface area (Å²) in [5, 5.41) is 3.73. The van der Waals surface area contributed by atoms with Gasteiger partial charge in [0.25, 0.3) is 5.91 Å². The van der Waals surface area contributed by atoms with Crippen molar-refractivity contribution >= 4 is 17.3 Å². The van der Waals surface area contributed by atoms with Crippen LogP contribution in [0.2, 0.25) is 0 Å². The van der Waals surface area contributed by atoms with Gasteiger partial charge in [-0.2, -0.15) is 0 Å². The number of para-hydroxylation sites is 2. The molecule has 0 spiro atoms. The Balaban J connectivity index is 1.74. The number of fused-ring (bicyclic) bond motifs is 1. The first kappa shape index (κ1) is 20.2. The van der Waals surface area contributed by atoms with Crippen LogP contribution in [0.1, 0.15) is 54.7 Å². The third-order valence-corrected chi connectivity index (χ3v) is 6.34. The number of carbonyl (C=O) groups is 1. The van der Waals surface area contributed by atoms with Gasteiger partial charge in [0, 0.05) is 28.9 Å². The average Bonchev–Trinajstić information content (AvgIpc) is 2.80. The largest absolute Gasteiger partial charge is 0.378 e. The molecule has 4 rings (SSSR count). The van der Waals surface area contributed by atoms with Gasteiger partial charge < -0.3 is 10.2 Å². The van der Waals surface area contributed by atoms with E-state index in [-0.39, 0.29) is 23.9 Å². The molecule has 3 nitrogen and oxygen atoms in total. The highest BCUT2D eigenvalue weighted by atomic mass is 16.2. The van der Waals surface area contributed by atoms with Gasteiger partial charge in [-0.15, -0.1) is 0 Å². The standard InChI is InChI=1S/C27H30N2O/c1-4-20-15-17-21(18-16-20)27(30)29-24(5-2)19(3)26(23-13-9-10-14-25(23)29)28-22-11-7-6-8-12-22/h6-19,24,26,28H,4-5H2,1-3H3/t19-,24-,26-/m0/s1. The minimum atomic E-state index is 0.0852. The van der Waals surface area contributed by atoms with Crippen molar-refractivity contribution in [2.45, 2.75) is 45.7 Å². The summed E-state index contributed by atoms with van der Waals surface area (Å²) in [4.78, 5) is 15.7. The summed E-state index contributed by atoms with van der Waals surface area (Å²) in [6, 6.07) is 27.0. The van der Waals surface area contributed by atoms with Crippen molar-refractivity contribution in [1.82, 2.24) is 0 Å². The van der Waals surface area contributed by atoms with E-state index >= 15 is 0 Å². The lowest BCUT2D eigenvalue weighted by Crippen LogP contribution is -2.50. The van der Waals surface area contributed by atoms with Crippen LogP contribution >= 0.6 is 0 Å². The molecule has 1 aliphatic heterocycles. The van der Waals surface area contributed by atoms with Crippen LogP contribution in [-0.2, 0) is 6.42 Å². The fraction of sp³-hybridized carbons (Fsp3) is 0.296. The Morgan fingerprint density at radius 1 is 0.900 bits per heavy atom. The maximum Gasteiger partial charge on any atom is 0.258 e. The van der Waals surface area contributed by atoms with Gasteiger partial charge in [0.05, 0.1) is 6.04 Å². The fourth-order valence-corrected chi connectivity index (χ4v) is 4.65. The Kier molecular flexibility index (Phi) is 5.89. The van der Waals surface area contributed by atoms with Crippen LogP contribution in [0.5, 0.6) is 0 Å². The van der Waals surface area contributed by atoms with E-state index in [4.69, 9.17) is 0 Å². The smallest absolute Gasteiger partial charge is 0.258 e. The molecule has 0 fully saturated rings. The predicted molar refractivity (Wildman–Crippen MR) is 125 cm³/mol. The van der Waals surface area contributed by atoms with Crippen molar-refractivity contribution in [3.63, 3.8) is 0 Å². The van der Waals surface area contributed by atoms with Crippen molar-refractivity contribution in [3.8, 4) is 0 Å². The molecule has 1 amide bonds. The molecule has 1 N–H and O–H groups in total. The quantitative estimate of drug-likeness (QED) is 0.534. The van der Waals surface area contributed by atoms with Crippen LogP contribution in [0.25, 0.3) is 0 Å². The summed E-state index contributed by atoms with van der Waals surface area (Å²) in [6.45, 7) is 6.56. The lowest BCUT2D eigenvalue weighted by atomic mass is 9.80. The number of hydrogen-bond donors (Lipinski definition) is 1. The molecule has 30 heavy (non-hydrogen) atoms. The van der Waals surface area contributed by atoms with Crippen molar-refractivity contribution < 1.29 is 4.79 Å². The highest BCUT2D eigenvalue weighted by Crippen LogP contribution is 2.43. The number of carbonyl (C=O) groups excluding carboxylic acids is 1. The van der Waals surface area contributed by atoms with E-state index in [0.29, 0.717) is 0 Å². The third kappa shape index (κ3) is 3.72. The van der Waals surface area contributed by atoms with E-state index in [1.165, 1.54) is 11.1 Å². The van der Waals surface area contributed by atoms with Crippen LogP contribution in [0, 0.1) is 5.92 Å². The van der Waals surface area contributed by atoms with Crippen molar-refractivity contribution in [1.29, 1.82) is 0 Å². The van der Waals surface area contributed by atoms with Crippen LogP contribution in [0.3, 0.4) is 0 Å². The second-order valence-corrected chi connectivity index (χ2v) is 8.11. The van der Waals surface area contributed by atoms with Gasteiger partial charge in [0.2, 0.25) is 0 Å². The number of amides is 1. The third-order valence-electron chi connectivity index (χ3n) is 6.34. The maximum absolute atomic E-state index is 13.6. The number of aryl methyl sites for hydroxylation is 1. The van der Waals surface area contributed by atoms with Gasteiger partial charge >= 0.3 is 0 Å². The zero-order valence-electron chi connectivity index (χ0n) is 18.0. The molecular formula is C27H30N2O. The Bertz CT molecular complexity index is 997. The fourth-order valence-electron chi connectivity index (χ4n) is 4.65. The number of anilines is 2. The normalized spacial score (nSPS) is 20.5. The number of rotatable bonds is 5. The molecular weight excluding hydrogens is 368 g/mol. The van der Waals surface area contributed by atoms with Crippen LogP contribution < -0.4 is 10.2 Å². The number of nitrogens with zero attached hydrogens (tertiary/aromatic N) is 1. The Morgan fingerprint density at radius 3 is 2.23 bits per heavy atom. The lowest BCUT2D eigenvalue weighted by Gasteiger charge is -2.45. The van der Waals surface area contributed by atoms with Crippen molar-refractivity contribution in [2.24, 2.45) is 5.92 Å². The molecule has 1 aliphatic rings.